The Morgan fingerprint density at radius 3 is 2.14 bits per heavy atom. The minimum absolute atomic E-state index is 0.0666. The summed E-state index contributed by atoms with van der Waals surface area (Å²) in [5.41, 5.74) is 6.43. The lowest BCUT2D eigenvalue weighted by Crippen LogP contribution is -2.42. The molecular formula is C27H30N7O2S+. The average molecular weight is 517 g/mol. The molecule has 2 amide bonds. The molecule has 9 nitrogen and oxygen atoms in total. The predicted octanol–water partition coefficient (Wildman–Crippen LogP) is 3.55. The number of nitrogens with two attached hydrogens (primary N) is 1. The number of nitrogens with one attached hydrogen (secondary N) is 2. The lowest BCUT2D eigenvalue weighted by molar-refractivity contribution is -0.673. The molecule has 0 spiro atoms. The molecule has 0 bridgehead atoms. The van der Waals surface area contributed by atoms with Crippen LogP contribution < -0.4 is 21.0 Å². The molecule has 4 aromatic rings. The van der Waals surface area contributed by atoms with Crippen molar-refractivity contribution in [1.82, 2.24) is 14.9 Å². The van der Waals surface area contributed by atoms with Crippen LogP contribution in [0.2, 0.25) is 0 Å². The van der Waals surface area contributed by atoms with Gasteiger partial charge in [-0.2, -0.15) is 4.57 Å². The Morgan fingerprint density at radius 2 is 1.51 bits per heavy atom. The summed E-state index contributed by atoms with van der Waals surface area (Å²) in [6, 6.07) is 17.2. The number of hydrogen-bond acceptors (Lipinski definition) is 6. The van der Waals surface area contributed by atoms with Gasteiger partial charge in [-0.05, 0) is 57.0 Å². The van der Waals surface area contributed by atoms with Crippen LogP contribution in [0.4, 0.5) is 11.4 Å². The second kappa shape index (κ2) is 11.3. The maximum atomic E-state index is 12.8. The van der Waals surface area contributed by atoms with Crippen molar-refractivity contribution in [3.05, 3.63) is 83.0 Å². The fourth-order valence-electron chi connectivity index (χ4n) is 3.94. The van der Waals surface area contributed by atoms with Gasteiger partial charge in [-0.3, -0.25) is 9.59 Å². The smallest absolute Gasteiger partial charge is 0.290 e. The van der Waals surface area contributed by atoms with Gasteiger partial charge < -0.3 is 16.5 Å². The quantitative estimate of drug-likeness (QED) is 0.187. The number of aromatic nitrogens is 4. The highest BCUT2D eigenvalue weighted by molar-refractivity contribution is 7.99. The van der Waals surface area contributed by atoms with Gasteiger partial charge in [0.05, 0.1) is 5.75 Å². The van der Waals surface area contributed by atoms with E-state index in [1.165, 1.54) is 16.4 Å². The number of benzene rings is 2. The Balaban J connectivity index is 1.44. The van der Waals surface area contributed by atoms with Crippen LogP contribution in [-0.2, 0) is 16.1 Å². The Labute approximate surface area is 220 Å². The molecule has 0 radical (unpaired) electrons. The number of amides is 2. The van der Waals surface area contributed by atoms with E-state index in [9.17, 15) is 9.59 Å². The van der Waals surface area contributed by atoms with Crippen molar-refractivity contribution in [2.45, 2.75) is 39.4 Å². The zero-order valence-electron chi connectivity index (χ0n) is 21.3. The van der Waals surface area contributed by atoms with Crippen molar-refractivity contribution < 1.29 is 14.2 Å². The third-order valence-electron chi connectivity index (χ3n) is 5.79. The van der Waals surface area contributed by atoms with Crippen molar-refractivity contribution in [1.29, 1.82) is 0 Å². The molecule has 2 aromatic carbocycles. The van der Waals surface area contributed by atoms with Crippen LogP contribution in [0.1, 0.15) is 22.3 Å². The van der Waals surface area contributed by atoms with Gasteiger partial charge in [-0.1, -0.05) is 47.2 Å². The van der Waals surface area contributed by atoms with Crippen LogP contribution in [0, 0.1) is 27.7 Å². The van der Waals surface area contributed by atoms with Gasteiger partial charge in [0.1, 0.15) is 0 Å². The first-order valence-corrected chi connectivity index (χ1v) is 12.8. The van der Waals surface area contributed by atoms with Crippen molar-refractivity contribution >= 4 is 35.0 Å². The topological polar surface area (TPSA) is 119 Å². The molecular weight excluding hydrogens is 486 g/mol. The van der Waals surface area contributed by atoms with E-state index in [2.05, 4.69) is 20.8 Å². The van der Waals surface area contributed by atoms with Crippen LogP contribution in [0.5, 0.6) is 0 Å². The van der Waals surface area contributed by atoms with E-state index >= 15 is 0 Å². The molecule has 0 aliphatic rings. The fraction of sp³-hybridized carbons (Fsp3) is 0.222. The summed E-state index contributed by atoms with van der Waals surface area (Å²) in [6.07, 6.45) is 1.79. The van der Waals surface area contributed by atoms with Crippen LogP contribution in [0.3, 0.4) is 0 Å². The minimum Gasteiger partial charge on any atom is -0.335 e. The summed E-state index contributed by atoms with van der Waals surface area (Å²) >= 11 is 1.19. The molecule has 0 saturated heterocycles. The van der Waals surface area contributed by atoms with Gasteiger partial charge in [0, 0.05) is 23.5 Å². The van der Waals surface area contributed by atoms with E-state index in [-0.39, 0.29) is 24.1 Å². The molecule has 4 rings (SSSR count). The molecule has 0 unspecified atom stereocenters. The highest BCUT2D eigenvalue weighted by Gasteiger charge is 2.23. The van der Waals surface area contributed by atoms with E-state index in [0.29, 0.717) is 16.7 Å². The largest absolute Gasteiger partial charge is 0.335 e. The van der Waals surface area contributed by atoms with Gasteiger partial charge in [-0.15, -0.1) is 10.2 Å². The number of anilines is 2. The number of thioether (sulfide) groups is 1. The van der Waals surface area contributed by atoms with Crippen LogP contribution in [0.25, 0.3) is 11.5 Å². The molecule has 0 atom stereocenters. The standard InChI is InChI=1S/C27H29N7O2S/c1-17-8-10-21(19(3)13-17)29-24(35)15-33-12-6-5-7-23(33)26-31-32-27(34(26)28)37-16-25(36)30-22-11-9-18(2)14-20(22)4/h5-14H,15-16H2,1-4H3,(H3-,28,29,30,31,35,36)/p+1. The van der Waals surface area contributed by atoms with E-state index < -0.39 is 0 Å². The number of carbonyl (C=O) groups excluding carboxylic acids is 2. The molecule has 10 heteroatoms. The first-order chi connectivity index (χ1) is 17.7. The molecule has 0 aliphatic heterocycles. The Bertz CT molecular complexity index is 1470. The van der Waals surface area contributed by atoms with Gasteiger partial charge in [0.25, 0.3) is 11.6 Å². The van der Waals surface area contributed by atoms with Crippen LogP contribution in [0.15, 0.2) is 66.0 Å². The second-order valence-electron chi connectivity index (χ2n) is 8.91. The number of nitrogens with zero attached hydrogens (tertiary/aromatic N) is 4. The molecule has 0 fully saturated rings. The fourth-order valence-corrected chi connectivity index (χ4v) is 4.59. The summed E-state index contributed by atoms with van der Waals surface area (Å²) < 4.78 is 3.09. The van der Waals surface area contributed by atoms with E-state index in [1.54, 1.807) is 10.8 Å². The molecule has 37 heavy (non-hydrogen) atoms. The normalized spacial score (nSPS) is 10.8. The highest BCUT2D eigenvalue weighted by Crippen LogP contribution is 2.21. The van der Waals surface area contributed by atoms with Gasteiger partial charge >= 0.3 is 0 Å². The van der Waals surface area contributed by atoms with Crippen molar-refractivity contribution in [2.75, 3.05) is 22.2 Å². The summed E-state index contributed by atoms with van der Waals surface area (Å²) in [7, 11) is 0. The van der Waals surface area contributed by atoms with Crippen molar-refractivity contribution in [3.63, 3.8) is 0 Å². The predicted molar refractivity (Wildman–Crippen MR) is 146 cm³/mol. The number of nitrogen functional groups attached to an aromatic ring is 1. The lowest BCUT2D eigenvalue weighted by atomic mass is 10.1. The zero-order chi connectivity index (χ0) is 26.5. The van der Waals surface area contributed by atoms with E-state index in [4.69, 9.17) is 5.84 Å². The van der Waals surface area contributed by atoms with Crippen LogP contribution in [-0.4, -0.2) is 32.4 Å². The third kappa shape index (κ3) is 6.34. The van der Waals surface area contributed by atoms with Crippen LogP contribution >= 0.6 is 11.8 Å². The minimum atomic E-state index is -0.176. The maximum Gasteiger partial charge on any atom is 0.290 e. The highest BCUT2D eigenvalue weighted by atomic mass is 32.2. The number of rotatable bonds is 8. The van der Waals surface area contributed by atoms with Crippen molar-refractivity contribution in [2.24, 2.45) is 0 Å². The monoisotopic (exact) mass is 516 g/mol. The third-order valence-corrected chi connectivity index (χ3v) is 6.74. The zero-order valence-corrected chi connectivity index (χ0v) is 22.1. The van der Waals surface area contributed by atoms with Gasteiger partial charge in [0.2, 0.25) is 23.4 Å². The first-order valence-electron chi connectivity index (χ1n) is 11.8. The van der Waals surface area contributed by atoms with E-state index in [1.807, 2.05) is 82.3 Å². The molecule has 190 valence electrons. The summed E-state index contributed by atoms with van der Waals surface area (Å²) in [5, 5.41) is 14.7. The van der Waals surface area contributed by atoms with Gasteiger partial charge in [0.15, 0.2) is 6.20 Å². The first kappa shape index (κ1) is 25.9. The number of pyridine rings is 1. The SMILES string of the molecule is Cc1ccc(NC(=O)CSc2nnc(-c3cccc[n+]3CC(=O)Nc3ccc(C)cc3C)n2N)c(C)c1. The van der Waals surface area contributed by atoms with Gasteiger partial charge in [-0.25, -0.2) is 4.68 Å². The molecule has 2 heterocycles. The number of aryl methyl sites for hydroxylation is 4. The molecule has 4 N–H and O–H groups in total. The van der Waals surface area contributed by atoms with Crippen molar-refractivity contribution in [3.8, 4) is 11.5 Å². The molecule has 0 saturated carbocycles. The number of hydrogen-bond donors (Lipinski definition) is 3. The van der Waals surface area contributed by atoms with E-state index in [0.717, 1.165) is 33.6 Å². The Hall–Kier alpha value is -4.18. The summed E-state index contributed by atoms with van der Waals surface area (Å²) in [5.74, 6) is 6.46. The molecule has 2 aromatic heterocycles. The Morgan fingerprint density at radius 1 is 0.892 bits per heavy atom. The maximum absolute atomic E-state index is 12.8. The summed E-state index contributed by atoms with van der Waals surface area (Å²) in [4.78, 5) is 25.3. The lowest BCUT2D eigenvalue weighted by Gasteiger charge is -2.09. The number of carbonyl (C=O) groups is 2. The molecule has 0 aliphatic carbocycles. The summed E-state index contributed by atoms with van der Waals surface area (Å²) in [6.45, 7) is 8.00. The Kier molecular flexibility index (Phi) is 7.88. The average Bonchev–Trinajstić information content (AvgIpc) is 3.21. The second-order valence-corrected chi connectivity index (χ2v) is 9.85.